The Morgan fingerprint density at radius 3 is 2.95 bits per heavy atom. The molecule has 0 radical (unpaired) electrons. The first kappa shape index (κ1) is 12.7. The Labute approximate surface area is 118 Å². The zero-order chi connectivity index (χ0) is 13.9. The predicted molar refractivity (Wildman–Crippen MR) is 80.2 cm³/mol. The quantitative estimate of drug-likeness (QED) is 0.910. The van der Waals surface area contributed by atoms with E-state index in [2.05, 4.69) is 10.3 Å². The third-order valence-corrected chi connectivity index (χ3v) is 3.62. The number of carbonyl (C=O) groups is 1. The Morgan fingerprint density at radius 1 is 1.25 bits per heavy atom. The Balaban J connectivity index is 1.95. The smallest absolute Gasteiger partial charge is 0.259 e. The van der Waals surface area contributed by atoms with E-state index in [9.17, 15) is 4.79 Å². The van der Waals surface area contributed by atoms with Crippen LogP contribution in [0.1, 0.15) is 22.3 Å². The topological polar surface area (TPSA) is 45.2 Å². The summed E-state index contributed by atoms with van der Waals surface area (Å²) in [5, 5.41) is 3.35. The van der Waals surface area contributed by atoms with Gasteiger partial charge in [0.2, 0.25) is 0 Å². The summed E-state index contributed by atoms with van der Waals surface area (Å²) in [5.74, 6) is 0.656. The molecule has 2 heterocycles. The number of nitrogens with zero attached hydrogens (tertiary/aromatic N) is 2. The maximum atomic E-state index is 12.7. The van der Waals surface area contributed by atoms with Gasteiger partial charge in [-0.3, -0.25) is 9.69 Å². The number of carbonyl (C=O) groups excluding carboxylic acids is 1. The van der Waals surface area contributed by atoms with E-state index in [0.717, 1.165) is 36.2 Å². The fourth-order valence-electron chi connectivity index (χ4n) is 2.55. The highest BCUT2D eigenvalue weighted by Crippen LogP contribution is 2.26. The van der Waals surface area contributed by atoms with Gasteiger partial charge < -0.3 is 5.32 Å². The van der Waals surface area contributed by atoms with Crippen LogP contribution in [0, 0.1) is 0 Å². The van der Waals surface area contributed by atoms with Crippen LogP contribution < -0.4 is 10.2 Å². The summed E-state index contributed by atoms with van der Waals surface area (Å²) in [6.07, 6.45) is 3.70. The highest BCUT2D eigenvalue weighted by molar-refractivity contribution is 6.07. The SMILES string of the molecule is CN(C(=O)c1cccc2c1CCCN2)c1ccccn1. The zero-order valence-electron chi connectivity index (χ0n) is 11.5. The first-order valence-corrected chi connectivity index (χ1v) is 6.82. The maximum Gasteiger partial charge on any atom is 0.259 e. The summed E-state index contributed by atoms with van der Waals surface area (Å²) in [6, 6.07) is 11.4. The van der Waals surface area contributed by atoms with Crippen molar-refractivity contribution in [1.29, 1.82) is 0 Å². The molecule has 1 amide bonds. The van der Waals surface area contributed by atoms with Crippen molar-refractivity contribution in [3.63, 3.8) is 0 Å². The van der Waals surface area contributed by atoms with Gasteiger partial charge in [-0.05, 0) is 42.7 Å². The van der Waals surface area contributed by atoms with Gasteiger partial charge in [0.25, 0.3) is 5.91 Å². The van der Waals surface area contributed by atoms with Crippen molar-refractivity contribution in [2.45, 2.75) is 12.8 Å². The van der Waals surface area contributed by atoms with Gasteiger partial charge in [-0.25, -0.2) is 4.98 Å². The van der Waals surface area contributed by atoms with Crippen molar-refractivity contribution in [1.82, 2.24) is 4.98 Å². The largest absolute Gasteiger partial charge is 0.385 e. The fourth-order valence-corrected chi connectivity index (χ4v) is 2.55. The zero-order valence-corrected chi connectivity index (χ0v) is 11.5. The third-order valence-electron chi connectivity index (χ3n) is 3.62. The molecule has 1 aliphatic heterocycles. The number of amides is 1. The summed E-state index contributed by atoms with van der Waals surface area (Å²) in [4.78, 5) is 18.5. The lowest BCUT2D eigenvalue weighted by Gasteiger charge is -2.23. The average molecular weight is 267 g/mol. The molecule has 1 aliphatic rings. The summed E-state index contributed by atoms with van der Waals surface area (Å²) in [7, 11) is 1.76. The third kappa shape index (κ3) is 2.25. The van der Waals surface area contributed by atoms with Gasteiger partial charge in [-0.2, -0.15) is 0 Å². The molecule has 1 aromatic carbocycles. The molecule has 0 atom stereocenters. The second-order valence-electron chi connectivity index (χ2n) is 4.91. The lowest BCUT2D eigenvalue weighted by molar-refractivity contribution is 0.0991. The van der Waals surface area contributed by atoms with E-state index in [0.29, 0.717) is 5.82 Å². The van der Waals surface area contributed by atoms with E-state index in [1.165, 1.54) is 0 Å². The van der Waals surface area contributed by atoms with Gasteiger partial charge in [0.05, 0.1) is 0 Å². The van der Waals surface area contributed by atoms with E-state index in [1.807, 2.05) is 36.4 Å². The standard InChI is InChI=1S/C16H17N3O/c1-19(15-9-2-3-10-18-15)16(20)13-6-4-8-14-12(13)7-5-11-17-14/h2-4,6,8-10,17H,5,7,11H2,1H3. The van der Waals surface area contributed by atoms with Gasteiger partial charge in [-0.1, -0.05) is 12.1 Å². The monoisotopic (exact) mass is 267 g/mol. The molecule has 0 unspecified atom stereocenters. The molecule has 1 aromatic heterocycles. The highest BCUT2D eigenvalue weighted by atomic mass is 16.2. The second kappa shape index (κ2) is 5.33. The average Bonchev–Trinajstić information content (AvgIpc) is 2.54. The van der Waals surface area contributed by atoms with Gasteiger partial charge in [0, 0.05) is 31.0 Å². The van der Waals surface area contributed by atoms with E-state index in [-0.39, 0.29) is 5.91 Å². The van der Waals surface area contributed by atoms with Crippen LogP contribution in [-0.2, 0) is 6.42 Å². The van der Waals surface area contributed by atoms with Gasteiger partial charge in [-0.15, -0.1) is 0 Å². The van der Waals surface area contributed by atoms with Crippen LogP contribution in [0.4, 0.5) is 11.5 Å². The molecule has 0 saturated heterocycles. The summed E-state index contributed by atoms with van der Waals surface area (Å²) >= 11 is 0. The summed E-state index contributed by atoms with van der Waals surface area (Å²) in [6.45, 7) is 0.973. The van der Waals surface area contributed by atoms with Crippen molar-refractivity contribution < 1.29 is 4.79 Å². The normalized spacial score (nSPS) is 13.2. The molecule has 0 saturated carbocycles. The Morgan fingerprint density at radius 2 is 2.15 bits per heavy atom. The lowest BCUT2D eigenvalue weighted by atomic mass is 9.97. The van der Waals surface area contributed by atoms with E-state index in [1.54, 1.807) is 18.1 Å². The van der Waals surface area contributed by atoms with Crippen LogP contribution in [0.15, 0.2) is 42.6 Å². The molecule has 3 rings (SSSR count). The molecule has 20 heavy (non-hydrogen) atoms. The van der Waals surface area contributed by atoms with Crippen LogP contribution in [0.5, 0.6) is 0 Å². The number of rotatable bonds is 2. The molecule has 0 spiro atoms. The van der Waals surface area contributed by atoms with Crippen LogP contribution in [-0.4, -0.2) is 24.5 Å². The van der Waals surface area contributed by atoms with Crippen molar-refractivity contribution in [3.05, 3.63) is 53.7 Å². The van der Waals surface area contributed by atoms with Crippen LogP contribution >= 0.6 is 0 Å². The lowest BCUT2D eigenvalue weighted by Crippen LogP contribution is -2.29. The number of fused-ring (bicyclic) bond motifs is 1. The van der Waals surface area contributed by atoms with E-state index in [4.69, 9.17) is 0 Å². The van der Waals surface area contributed by atoms with Crippen LogP contribution in [0.2, 0.25) is 0 Å². The Bertz CT molecular complexity index is 625. The number of anilines is 2. The van der Waals surface area contributed by atoms with Crippen LogP contribution in [0.3, 0.4) is 0 Å². The first-order valence-electron chi connectivity index (χ1n) is 6.82. The highest BCUT2D eigenvalue weighted by Gasteiger charge is 2.21. The van der Waals surface area contributed by atoms with E-state index >= 15 is 0 Å². The van der Waals surface area contributed by atoms with Crippen molar-refractivity contribution in [2.24, 2.45) is 0 Å². The molecule has 102 valence electrons. The fraction of sp³-hybridized carbons (Fsp3) is 0.250. The minimum absolute atomic E-state index is 0.00995. The number of benzene rings is 1. The number of hydrogen-bond donors (Lipinski definition) is 1. The van der Waals surface area contributed by atoms with Crippen molar-refractivity contribution >= 4 is 17.4 Å². The molecule has 1 N–H and O–H groups in total. The molecule has 0 bridgehead atoms. The Kier molecular flexibility index (Phi) is 3.37. The van der Waals surface area contributed by atoms with Crippen LogP contribution in [0.25, 0.3) is 0 Å². The minimum atomic E-state index is -0.00995. The maximum absolute atomic E-state index is 12.7. The van der Waals surface area contributed by atoms with E-state index < -0.39 is 0 Å². The molecular formula is C16H17N3O. The van der Waals surface area contributed by atoms with Gasteiger partial charge in [0.1, 0.15) is 5.82 Å². The number of aromatic nitrogens is 1. The molecule has 2 aromatic rings. The Hall–Kier alpha value is -2.36. The molecule has 4 heteroatoms. The number of hydrogen-bond acceptors (Lipinski definition) is 3. The predicted octanol–water partition coefficient (Wildman–Crippen LogP) is 2.72. The van der Waals surface area contributed by atoms with Gasteiger partial charge >= 0.3 is 0 Å². The second-order valence-corrected chi connectivity index (χ2v) is 4.91. The van der Waals surface area contributed by atoms with Crippen molar-refractivity contribution in [2.75, 3.05) is 23.8 Å². The molecular weight excluding hydrogens is 250 g/mol. The number of nitrogens with one attached hydrogen (secondary N) is 1. The summed E-state index contributed by atoms with van der Waals surface area (Å²) in [5.41, 5.74) is 2.96. The first-order chi connectivity index (χ1) is 9.77. The van der Waals surface area contributed by atoms with Gasteiger partial charge in [0.15, 0.2) is 0 Å². The molecule has 4 nitrogen and oxygen atoms in total. The summed E-state index contributed by atoms with van der Waals surface area (Å²) < 4.78 is 0. The molecule has 0 aliphatic carbocycles. The minimum Gasteiger partial charge on any atom is -0.385 e. The van der Waals surface area contributed by atoms with Crippen molar-refractivity contribution in [3.8, 4) is 0 Å². The molecule has 0 fully saturated rings. The number of pyridine rings is 1.